The lowest BCUT2D eigenvalue weighted by atomic mass is 10.0. The molecule has 1 atom stereocenters. The molecule has 0 saturated carbocycles. The molecule has 2 rings (SSSR count). The van der Waals surface area contributed by atoms with Gasteiger partial charge >= 0.3 is 0 Å². The summed E-state index contributed by atoms with van der Waals surface area (Å²) in [6, 6.07) is 13.1. The van der Waals surface area contributed by atoms with E-state index in [1.807, 2.05) is 0 Å². The van der Waals surface area contributed by atoms with Crippen LogP contribution in [0.5, 0.6) is 0 Å². The lowest BCUT2D eigenvalue weighted by Gasteiger charge is -2.12. The molecule has 20 heavy (non-hydrogen) atoms. The molecule has 2 aromatic rings. The Balaban J connectivity index is 1.90. The fraction of sp³-hybridized carbons (Fsp3) is 0.294. The molecule has 0 aliphatic carbocycles. The Hall–Kier alpha value is -1.19. The SMILES string of the molecule is Cc1ccc(CCC(O)Cc2cc(Br)ccc2F)cc1. The quantitative estimate of drug-likeness (QED) is 0.856. The van der Waals surface area contributed by atoms with Gasteiger partial charge in [-0.15, -0.1) is 0 Å². The van der Waals surface area contributed by atoms with Crippen LogP contribution in [0.15, 0.2) is 46.9 Å². The molecule has 0 saturated heterocycles. The van der Waals surface area contributed by atoms with Crippen LogP contribution in [0, 0.1) is 12.7 Å². The molecule has 0 aromatic heterocycles. The molecule has 1 unspecified atom stereocenters. The van der Waals surface area contributed by atoms with Crippen LogP contribution in [0.25, 0.3) is 0 Å². The average molecular weight is 337 g/mol. The highest BCUT2D eigenvalue weighted by Gasteiger charge is 2.10. The van der Waals surface area contributed by atoms with E-state index in [4.69, 9.17) is 0 Å². The van der Waals surface area contributed by atoms with E-state index in [-0.39, 0.29) is 5.82 Å². The molecule has 1 nitrogen and oxygen atoms in total. The first-order valence-electron chi connectivity index (χ1n) is 6.72. The first kappa shape index (κ1) is 15.2. The van der Waals surface area contributed by atoms with Crippen LogP contribution < -0.4 is 0 Å². The summed E-state index contributed by atoms with van der Waals surface area (Å²) in [5, 5.41) is 10.1. The van der Waals surface area contributed by atoms with Crippen molar-refractivity contribution in [3.8, 4) is 0 Å². The Bertz CT molecular complexity index is 566. The monoisotopic (exact) mass is 336 g/mol. The molecule has 3 heteroatoms. The van der Waals surface area contributed by atoms with Crippen molar-refractivity contribution in [2.75, 3.05) is 0 Å². The van der Waals surface area contributed by atoms with Gasteiger partial charge in [0.2, 0.25) is 0 Å². The molecule has 0 amide bonds. The van der Waals surface area contributed by atoms with E-state index in [0.717, 1.165) is 10.9 Å². The van der Waals surface area contributed by atoms with Gasteiger partial charge in [-0.2, -0.15) is 0 Å². The summed E-state index contributed by atoms with van der Waals surface area (Å²) in [4.78, 5) is 0. The number of rotatable bonds is 5. The third-order valence-corrected chi connectivity index (χ3v) is 3.84. The number of aliphatic hydroxyl groups excluding tert-OH is 1. The van der Waals surface area contributed by atoms with Gasteiger partial charge in [0.1, 0.15) is 5.82 Å². The van der Waals surface area contributed by atoms with Crippen molar-refractivity contribution < 1.29 is 9.50 Å². The first-order chi connectivity index (χ1) is 9.54. The second-order valence-corrected chi connectivity index (χ2v) is 6.03. The summed E-state index contributed by atoms with van der Waals surface area (Å²) < 4.78 is 14.4. The summed E-state index contributed by atoms with van der Waals surface area (Å²) in [7, 11) is 0. The van der Waals surface area contributed by atoms with Gasteiger partial charge in [-0.05, 0) is 49.1 Å². The van der Waals surface area contributed by atoms with Crippen molar-refractivity contribution in [3.05, 3.63) is 69.4 Å². The van der Waals surface area contributed by atoms with E-state index in [0.29, 0.717) is 18.4 Å². The minimum Gasteiger partial charge on any atom is -0.393 e. The van der Waals surface area contributed by atoms with Crippen molar-refractivity contribution in [2.45, 2.75) is 32.3 Å². The van der Waals surface area contributed by atoms with Crippen molar-refractivity contribution in [2.24, 2.45) is 0 Å². The van der Waals surface area contributed by atoms with Gasteiger partial charge in [-0.25, -0.2) is 4.39 Å². The highest BCUT2D eigenvalue weighted by Crippen LogP contribution is 2.18. The van der Waals surface area contributed by atoms with Crippen LogP contribution in [0.1, 0.15) is 23.1 Å². The number of aryl methyl sites for hydroxylation is 2. The maximum atomic E-state index is 13.6. The van der Waals surface area contributed by atoms with Gasteiger partial charge < -0.3 is 5.11 Å². The van der Waals surface area contributed by atoms with Gasteiger partial charge in [0.25, 0.3) is 0 Å². The van der Waals surface area contributed by atoms with Crippen LogP contribution in [0.4, 0.5) is 4.39 Å². The molecule has 0 bridgehead atoms. The highest BCUT2D eigenvalue weighted by atomic mass is 79.9. The second-order valence-electron chi connectivity index (χ2n) is 5.12. The van der Waals surface area contributed by atoms with E-state index >= 15 is 0 Å². The molecular weight excluding hydrogens is 319 g/mol. The van der Waals surface area contributed by atoms with E-state index in [1.165, 1.54) is 17.2 Å². The largest absolute Gasteiger partial charge is 0.393 e. The van der Waals surface area contributed by atoms with Crippen LogP contribution in [0.3, 0.4) is 0 Å². The lowest BCUT2D eigenvalue weighted by molar-refractivity contribution is 0.164. The smallest absolute Gasteiger partial charge is 0.126 e. The minimum atomic E-state index is -0.528. The zero-order valence-electron chi connectivity index (χ0n) is 11.4. The van der Waals surface area contributed by atoms with E-state index in [9.17, 15) is 9.50 Å². The third kappa shape index (κ3) is 4.43. The fourth-order valence-corrected chi connectivity index (χ4v) is 2.55. The summed E-state index contributed by atoms with van der Waals surface area (Å²) >= 11 is 3.32. The number of aliphatic hydroxyl groups is 1. The number of halogens is 2. The molecule has 0 radical (unpaired) electrons. The maximum Gasteiger partial charge on any atom is 0.126 e. The summed E-state index contributed by atoms with van der Waals surface area (Å²) in [5.41, 5.74) is 2.98. The van der Waals surface area contributed by atoms with Crippen molar-refractivity contribution in [3.63, 3.8) is 0 Å². The van der Waals surface area contributed by atoms with Crippen LogP contribution in [-0.2, 0) is 12.8 Å². The van der Waals surface area contributed by atoms with Gasteiger partial charge in [0, 0.05) is 10.9 Å². The summed E-state index contributed by atoms with van der Waals surface area (Å²) in [5.74, 6) is -0.261. The highest BCUT2D eigenvalue weighted by molar-refractivity contribution is 9.10. The molecule has 0 aliphatic rings. The Morgan fingerprint density at radius 2 is 1.85 bits per heavy atom. The van der Waals surface area contributed by atoms with E-state index in [2.05, 4.69) is 47.1 Å². The molecular formula is C17H18BrFO. The number of benzene rings is 2. The molecule has 106 valence electrons. The summed E-state index contributed by atoms with van der Waals surface area (Å²) in [6.45, 7) is 2.05. The van der Waals surface area contributed by atoms with Gasteiger partial charge in [0.15, 0.2) is 0 Å². The zero-order chi connectivity index (χ0) is 14.5. The Kier molecular flexibility index (Phi) is 5.32. The second kappa shape index (κ2) is 7.00. The minimum absolute atomic E-state index is 0.261. The normalized spacial score (nSPS) is 12.4. The zero-order valence-corrected chi connectivity index (χ0v) is 13.0. The van der Waals surface area contributed by atoms with Crippen LogP contribution in [0.2, 0.25) is 0 Å². The van der Waals surface area contributed by atoms with Gasteiger partial charge in [-0.1, -0.05) is 45.8 Å². The molecule has 1 N–H and O–H groups in total. The topological polar surface area (TPSA) is 20.2 Å². The predicted molar refractivity (Wildman–Crippen MR) is 83.3 cm³/mol. The molecule has 2 aromatic carbocycles. The Morgan fingerprint density at radius 1 is 1.15 bits per heavy atom. The molecule has 0 fully saturated rings. The molecule has 0 heterocycles. The molecule has 0 spiro atoms. The Morgan fingerprint density at radius 3 is 2.55 bits per heavy atom. The third-order valence-electron chi connectivity index (χ3n) is 3.35. The van der Waals surface area contributed by atoms with Crippen molar-refractivity contribution in [1.82, 2.24) is 0 Å². The summed E-state index contributed by atoms with van der Waals surface area (Å²) in [6.07, 6.45) is 1.25. The van der Waals surface area contributed by atoms with Crippen LogP contribution >= 0.6 is 15.9 Å². The van der Waals surface area contributed by atoms with Crippen molar-refractivity contribution >= 4 is 15.9 Å². The lowest BCUT2D eigenvalue weighted by Crippen LogP contribution is -2.12. The van der Waals surface area contributed by atoms with E-state index in [1.54, 1.807) is 12.1 Å². The van der Waals surface area contributed by atoms with Crippen molar-refractivity contribution in [1.29, 1.82) is 0 Å². The number of hydrogen-bond donors (Lipinski definition) is 1. The molecule has 0 aliphatic heterocycles. The standard InChI is InChI=1S/C17H18BrFO/c1-12-2-4-13(5-3-12)6-8-16(20)11-14-10-15(18)7-9-17(14)19/h2-5,7,9-10,16,20H,6,8,11H2,1H3. The first-order valence-corrected chi connectivity index (χ1v) is 7.51. The fourth-order valence-electron chi connectivity index (χ4n) is 2.14. The van der Waals surface area contributed by atoms with Gasteiger partial charge in [0.05, 0.1) is 6.10 Å². The maximum absolute atomic E-state index is 13.6. The average Bonchev–Trinajstić information content (AvgIpc) is 2.42. The number of hydrogen-bond acceptors (Lipinski definition) is 1. The van der Waals surface area contributed by atoms with Crippen LogP contribution in [-0.4, -0.2) is 11.2 Å². The Labute approximate surface area is 127 Å². The van der Waals surface area contributed by atoms with Gasteiger partial charge in [-0.3, -0.25) is 0 Å². The van der Waals surface area contributed by atoms with E-state index < -0.39 is 6.10 Å². The predicted octanol–water partition coefficient (Wildman–Crippen LogP) is 4.43.